The number of rotatable bonds is 4. The van der Waals surface area contributed by atoms with E-state index in [2.05, 4.69) is 25.3 Å². The average molecular weight is 384 g/mol. The molecule has 0 atom stereocenters. The lowest BCUT2D eigenvalue weighted by Gasteiger charge is -2.30. The van der Waals surface area contributed by atoms with Crippen molar-refractivity contribution in [1.82, 2.24) is 24.9 Å². The summed E-state index contributed by atoms with van der Waals surface area (Å²) in [6.45, 7) is 3.71. The van der Waals surface area contributed by atoms with Crippen LogP contribution >= 0.6 is 11.3 Å². The molecule has 1 aliphatic heterocycles. The van der Waals surface area contributed by atoms with E-state index in [1.54, 1.807) is 13.1 Å². The Morgan fingerprint density at radius 1 is 1.33 bits per heavy atom. The highest BCUT2D eigenvalue weighted by molar-refractivity contribution is 7.20. The first-order valence-corrected chi connectivity index (χ1v) is 9.72. The maximum atomic E-state index is 12.4. The van der Waals surface area contributed by atoms with Gasteiger partial charge in [0, 0.05) is 37.0 Å². The lowest BCUT2D eigenvalue weighted by Crippen LogP contribution is -2.40. The van der Waals surface area contributed by atoms with Crippen molar-refractivity contribution < 1.29 is 4.79 Å². The number of aromatic nitrogens is 4. The molecule has 3 aromatic rings. The number of nitrogens with zero attached hydrogens (tertiary/aromatic N) is 5. The summed E-state index contributed by atoms with van der Waals surface area (Å²) >= 11 is 1.41. The van der Waals surface area contributed by atoms with E-state index >= 15 is 0 Å². The normalized spacial score (nSPS) is 15.2. The number of carbonyl (C=O) groups excluding carboxylic acids is 1. The minimum atomic E-state index is -0.163. The number of hydrogen-bond acceptors (Lipinski definition) is 7. The highest BCUT2D eigenvalue weighted by atomic mass is 32.1. The maximum absolute atomic E-state index is 12.4. The number of pyridine rings is 1. The summed E-state index contributed by atoms with van der Waals surface area (Å²) < 4.78 is 1.35. The Morgan fingerprint density at radius 3 is 2.89 bits per heavy atom. The van der Waals surface area contributed by atoms with Crippen LogP contribution in [0.4, 0.5) is 5.13 Å². The van der Waals surface area contributed by atoms with Crippen LogP contribution in [0.5, 0.6) is 0 Å². The molecule has 1 aliphatic rings. The van der Waals surface area contributed by atoms with Crippen molar-refractivity contribution in [1.29, 1.82) is 0 Å². The van der Waals surface area contributed by atoms with Gasteiger partial charge in [0.25, 0.3) is 5.56 Å². The fourth-order valence-electron chi connectivity index (χ4n) is 3.20. The van der Waals surface area contributed by atoms with Gasteiger partial charge in [0.1, 0.15) is 0 Å². The van der Waals surface area contributed by atoms with Crippen molar-refractivity contribution in [3.8, 4) is 0 Å². The van der Waals surface area contributed by atoms with E-state index in [-0.39, 0.29) is 17.4 Å². The number of fused-ring (bicyclic) bond motifs is 1. The highest BCUT2D eigenvalue weighted by Crippen LogP contribution is 2.26. The molecule has 1 fully saturated rings. The number of piperidine rings is 1. The van der Waals surface area contributed by atoms with Crippen molar-refractivity contribution in [2.24, 2.45) is 5.92 Å². The molecular weight excluding hydrogens is 364 g/mol. The lowest BCUT2D eigenvalue weighted by molar-refractivity contribution is -0.125. The van der Waals surface area contributed by atoms with Crippen LogP contribution < -0.4 is 15.8 Å². The molecule has 0 saturated carbocycles. The SMILES string of the molecule is Cc1cc(=O)n2nc(N3CCC(C(=O)NCc4ccccn4)CC3)sc2n1. The standard InChI is InChI=1S/C18H20N6O2S/c1-12-10-15(25)24-17(21-12)27-18(22-24)23-8-5-13(6-9-23)16(26)20-11-14-4-2-3-7-19-14/h2-4,7,10,13H,5-6,8-9,11H2,1H3,(H,20,26). The first-order chi connectivity index (χ1) is 13.1. The van der Waals surface area contributed by atoms with Gasteiger partial charge in [-0.2, -0.15) is 4.52 Å². The Hall–Kier alpha value is -2.81. The molecule has 1 N–H and O–H groups in total. The van der Waals surface area contributed by atoms with Gasteiger partial charge >= 0.3 is 0 Å². The Balaban J connectivity index is 1.36. The van der Waals surface area contributed by atoms with Gasteiger partial charge in [-0.3, -0.25) is 14.6 Å². The van der Waals surface area contributed by atoms with Gasteiger partial charge in [-0.1, -0.05) is 17.4 Å². The van der Waals surface area contributed by atoms with Gasteiger partial charge in [0.2, 0.25) is 16.0 Å². The number of amides is 1. The highest BCUT2D eigenvalue weighted by Gasteiger charge is 2.26. The molecule has 27 heavy (non-hydrogen) atoms. The molecule has 9 heteroatoms. The molecule has 3 aromatic heterocycles. The first-order valence-electron chi connectivity index (χ1n) is 8.90. The third kappa shape index (κ3) is 3.82. The summed E-state index contributed by atoms with van der Waals surface area (Å²) in [6.07, 6.45) is 3.23. The summed E-state index contributed by atoms with van der Waals surface area (Å²) in [4.78, 5) is 35.7. The molecule has 0 bridgehead atoms. The molecule has 8 nitrogen and oxygen atoms in total. The smallest absolute Gasteiger partial charge is 0.275 e. The molecule has 4 heterocycles. The van der Waals surface area contributed by atoms with Gasteiger partial charge in [0.15, 0.2) is 0 Å². The Kier molecular flexibility index (Phi) is 4.85. The van der Waals surface area contributed by atoms with Gasteiger partial charge in [-0.05, 0) is 31.9 Å². The second kappa shape index (κ2) is 7.43. The van der Waals surface area contributed by atoms with Gasteiger partial charge in [-0.25, -0.2) is 4.98 Å². The Bertz CT molecular complexity index is 1010. The van der Waals surface area contributed by atoms with Crippen LogP contribution in [0.3, 0.4) is 0 Å². The molecule has 0 aliphatic carbocycles. The van der Waals surface area contributed by atoms with Crippen molar-refractivity contribution in [2.45, 2.75) is 26.3 Å². The molecule has 4 rings (SSSR count). The Morgan fingerprint density at radius 2 is 2.15 bits per heavy atom. The zero-order valence-corrected chi connectivity index (χ0v) is 15.8. The number of hydrogen-bond donors (Lipinski definition) is 1. The van der Waals surface area contributed by atoms with Crippen LogP contribution in [0.2, 0.25) is 0 Å². The quantitative estimate of drug-likeness (QED) is 0.731. The summed E-state index contributed by atoms with van der Waals surface area (Å²) in [5.74, 6) is 0.0561. The summed E-state index contributed by atoms with van der Waals surface area (Å²) in [6, 6.07) is 7.14. The molecule has 0 unspecified atom stereocenters. The monoisotopic (exact) mass is 384 g/mol. The lowest BCUT2D eigenvalue weighted by atomic mass is 9.96. The van der Waals surface area contributed by atoms with E-state index in [9.17, 15) is 9.59 Å². The van der Waals surface area contributed by atoms with Crippen molar-refractivity contribution in [2.75, 3.05) is 18.0 Å². The number of aryl methyl sites for hydroxylation is 1. The summed E-state index contributed by atoms with van der Waals surface area (Å²) in [5, 5.41) is 8.15. The van der Waals surface area contributed by atoms with Gasteiger partial charge in [0.05, 0.1) is 12.2 Å². The van der Waals surface area contributed by atoms with E-state index in [1.807, 2.05) is 18.2 Å². The van der Waals surface area contributed by atoms with Gasteiger partial charge in [-0.15, -0.1) is 5.10 Å². The summed E-state index contributed by atoms with van der Waals surface area (Å²) in [5.41, 5.74) is 1.38. The van der Waals surface area contributed by atoms with Crippen LogP contribution in [0.25, 0.3) is 4.96 Å². The molecule has 0 radical (unpaired) electrons. The van der Waals surface area contributed by atoms with Crippen molar-refractivity contribution in [3.63, 3.8) is 0 Å². The minimum absolute atomic E-state index is 0.0116. The van der Waals surface area contributed by atoms with Crippen LogP contribution in [-0.4, -0.2) is 38.6 Å². The van der Waals surface area contributed by atoms with E-state index in [0.717, 1.165) is 36.8 Å². The second-order valence-electron chi connectivity index (χ2n) is 6.61. The van der Waals surface area contributed by atoms with Crippen molar-refractivity contribution in [3.05, 3.63) is 52.2 Å². The van der Waals surface area contributed by atoms with Crippen LogP contribution in [0.15, 0.2) is 35.3 Å². The molecule has 0 aromatic carbocycles. The number of carbonyl (C=O) groups is 1. The van der Waals surface area contributed by atoms with Crippen molar-refractivity contribution >= 4 is 27.3 Å². The largest absolute Gasteiger partial charge is 0.350 e. The molecule has 0 spiro atoms. The topological polar surface area (TPSA) is 92.5 Å². The fourth-order valence-corrected chi connectivity index (χ4v) is 4.20. The number of nitrogens with one attached hydrogen (secondary N) is 1. The number of anilines is 1. The zero-order chi connectivity index (χ0) is 18.8. The fraction of sp³-hybridized carbons (Fsp3) is 0.389. The summed E-state index contributed by atoms with van der Waals surface area (Å²) in [7, 11) is 0. The molecular formula is C18H20N6O2S. The third-order valence-corrected chi connectivity index (χ3v) is 5.64. The molecule has 1 amide bonds. The predicted molar refractivity (Wildman–Crippen MR) is 103 cm³/mol. The van der Waals surface area contributed by atoms with E-state index < -0.39 is 0 Å². The second-order valence-corrected chi connectivity index (χ2v) is 7.55. The minimum Gasteiger partial charge on any atom is -0.350 e. The van der Waals surface area contributed by atoms with E-state index in [1.165, 1.54) is 21.9 Å². The average Bonchev–Trinajstić information content (AvgIpc) is 3.11. The predicted octanol–water partition coefficient (Wildman–Crippen LogP) is 1.39. The van der Waals surface area contributed by atoms with E-state index in [4.69, 9.17) is 0 Å². The van der Waals surface area contributed by atoms with E-state index in [0.29, 0.717) is 17.2 Å². The Labute approximate surface area is 159 Å². The molecule has 140 valence electrons. The van der Waals surface area contributed by atoms with Crippen LogP contribution in [-0.2, 0) is 11.3 Å². The third-order valence-electron chi connectivity index (χ3n) is 4.67. The van der Waals surface area contributed by atoms with Gasteiger partial charge < -0.3 is 10.2 Å². The maximum Gasteiger partial charge on any atom is 0.275 e. The molecule has 1 saturated heterocycles. The first kappa shape index (κ1) is 17.6. The van der Waals surface area contributed by atoms with Crippen LogP contribution in [0, 0.1) is 12.8 Å². The van der Waals surface area contributed by atoms with Crippen LogP contribution in [0.1, 0.15) is 24.2 Å². The zero-order valence-electron chi connectivity index (χ0n) is 15.0.